The molecule has 1 aliphatic rings. The van der Waals surface area contributed by atoms with Gasteiger partial charge in [-0.3, -0.25) is 9.78 Å². The fourth-order valence-corrected chi connectivity index (χ4v) is 3.67. The number of carbonyl (C=O) groups is 1. The number of carbonyl (C=O) groups excluding carboxylic acids is 1. The smallest absolute Gasteiger partial charge is 0.257 e. The molecule has 1 aromatic carbocycles. The second-order valence-corrected chi connectivity index (χ2v) is 6.41. The first-order chi connectivity index (χ1) is 12.3. The van der Waals surface area contributed by atoms with Crippen LogP contribution in [0, 0.1) is 0 Å². The Morgan fingerprint density at radius 3 is 2.80 bits per heavy atom. The summed E-state index contributed by atoms with van der Waals surface area (Å²) in [6.45, 7) is 1.50. The number of hydrogen-bond donors (Lipinski definition) is 1. The summed E-state index contributed by atoms with van der Waals surface area (Å²) in [5.74, 6) is 1.12. The van der Waals surface area contributed by atoms with Crippen LogP contribution in [0.25, 0.3) is 11.0 Å². The number of methoxy groups -OCH3 is 1. The fourth-order valence-electron chi connectivity index (χ4n) is 3.67. The number of fused-ring (bicyclic) bond motifs is 1. The van der Waals surface area contributed by atoms with Crippen LogP contribution in [0.5, 0.6) is 5.75 Å². The quantitative estimate of drug-likeness (QED) is 0.796. The summed E-state index contributed by atoms with van der Waals surface area (Å²) in [4.78, 5) is 22.6. The highest BCUT2D eigenvalue weighted by Crippen LogP contribution is 2.33. The lowest BCUT2D eigenvalue weighted by Crippen LogP contribution is -2.38. The molecule has 0 saturated carbocycles. The number of para-hydroxylation sites is 1. The first-order valence-corrected chi connectivity index (χ1v) is 8.62. The predicted molar refractivity (Wildman–Crippen MR) is 97.0 cm³/mol. The molecule has 5 nitrogen and oxygen atoms in total. The number of aromatic nitrogens is 2. The monoisotopic (exact) mass is 335 g/mol. The Balaban J connectivity index is 1.49. The van der Waals surface area contributed by atoms with Crippen molar-refractivity contribution in [3.63, 3.8) is 0 Å². The van der Waals surface area contributed by atoms with Gasteiger partial charge in [-0.1, -0.05) is 12.1 Å². The van der Waals surface area contributed by atoms with Crippen molar-refractivity contribution in [1.29, 1.82) is 0 Å². The van der Waals surface area contributed by atoms with E-state index in [4.69, 9.17) is 4.74 Å². The van der Waals surface area contributed by atoms with Gasteiger partial charge in [-0.05, 0) is 48.6 Å². The predicted octanol–water partition coefficient (Wildman–Crippen LogP) is 3.59. The zero-order valence-corrected chi connectivity index (χ0v) is 14.2. The van der Waals surface area contributed by atoms with Gasteiger partial charge in [-0.15, -0.1) is 0 Å². The van der Waals surface area contributed by atoms with Crippen molar-refractivity contribution in [2.24, 2.45) is 0 Å². The molecule has 2 aromatic heterocycles. The molecule has 0 unspecified atom stereocenters. The number of pyridine rings is 1. The van der Waals surface area contributed by atoms with Crippen LogP contribution in [-0.4, -0.2) is 41.0 Å². The lowest BCUT2D eigenvalue weighted by molar-refractivity contribution is 0.0710. The lowest BCUT2D eigenvalue weighted by atomic mass is 9.90. The molecule has 1 N–H and O–H groups in total. The van der Waals surface area contributed by atoms with Crippen molar-refractivity contribution in [2.45, 2.75) is 18.8 Å². The number of H-pyrrole nitrogens is 1. The number of piperidine rings is 1. The van der Waals surface area contributed by atoms with E-state index in [1.807, 2.05) is 47.5 Å². The van der Waals surface area contributed by atoms with Gasteiger partial charge in [0.15, 0.2) is 0 Å². The highest BCUT2D eigenvalue weighted by atomic mass is 16.5. The molecule has 5 heteroatoms. The van der Waals surface area contributed by atoms with E-state index < -0.39 is 0 Å². The number of aromatic amines is 1. The van der Waals surface area contributed by atoms with E-state index in [1.54, 1.807) is 7.11 Å². The summed E-state index contributed by atoms with van der Waals surface area (Å²) in [7, 11) is 1.60. The molecule has 1 aliphatic heterocycles. The van der Waals surface area contributed by atoms with Crippen LogP contribution in [-0.2, 0) is 0 Å². The molecule has 0 atom stereocenters. The highest BCUT2D eigenvalue weighted by molar-refractivity contribution is 5.97. The molecule has 0 aliphatic carbocycles. The molecule has 0 spiro atoms. The first kappa shape index (κ1) is 15.7. The molecule has 3 heterocycles. The average Bonchev–Trinajstić information content (AvgIpc) is 3.11. The number of nitrogens with zero attached hydrogens (tertiary/aromatic N) is 2. The second-order valence-electron chi connectivity index (χ2n) is 6.41. The number of hydrogen-bond acceptors (Lipinski definition) is 3. The number of likely N-dealkylation sites (tertiary alicyclic amines) is 1. The third-order valence-corrected chi connectivity index (χ3v) is 5.02. The number of ether oxygens (including phenoxy) is 1. The van der Waals surface area contributed by atoms with Gasteiger partial charge in [0.05, 0.1) is 23.7 Å². The van der Waals surface area contributed by atoms with E-state index in [1.165, 1.54) is 5.56 Å². The largest absolute Gasteiger partial charge is 0.496 e. The van der Waals surface area contributed by atoms with Gasteiger partial charge >= 0.3 is 0 Å². The van der Waals surface area contributed by atoms with Gasteiger partial charge in [0.25, 0.3) is 5.91 Å². The fraction of sp³-hybridized carbons (Fsp3) is 0.300. The maximum absolute atomic E-state index is 12.8. The summed E-state index contributed by atoms with van der Waals surface area (Å²) in [6.07, 6.45) is 5.80. The zero-order valence-electron chi connectivity index (χ0n) is 14.2. The Labute approximate surface area is 146 Å². The number of amides is 1. The number of nitrogens with one attached hydrogen (secondary N) is 1. The van der Waals surface area contributed by atoms with Gasteiger partial charge in [0.2, 0.25) is 0 Å². The van der Waals surface area contributed by atoms with Gasteiger partial charge < -0.3 is 14.6 Å². The van der Waals surface area contributed by atoms with Crippen LogP contribution in [0.2, 0.25) is 0 Å². The van der Waals surface area contributed by atoms with Crippen molar-refractivity contribution < 1.29 is 9.53 Å². The van der Waals surface area contributed by atoms with E-state index in [9.17, 15) is 4.79 Å². The van der Waals surface area contributed by atoms with Crippen LogP contribution in [0.4, 0.5) is 0 Å². The Morgan fingerprint density at radius 1 is 1.20 bits per heavy atom. The van der Waals surface area contributed by atoms with Crippen LogP contribution in [0.15, 0.2) is 48.8 Å². The maximum atomic E-state index is 12.8. The number of benzene rings is 1. The minimum Gasteiger partial charge on any atom is -0.496 e. The van der Waals surface area contributed by atoms with Crippen LogP contribution in [0.1, 0.15) is 34.7 Å². The molecule has 3 aromatic rings. The minimum atomic E-state index is 0.0490. The van der Waals surface area contributed by atoms with Crippen molar-refractivity contribution >= 4 is 16.9 Å². The third kappa shape index (κ3) is 2.86. The Hall–Kier alpha value is -2.82. The lowest BCUT2D eigenvalue weighted by Gasteiger charge is -2.32. The van der Waals surface area contributed by atoms with Crippen molar-refractivity contribution in [2.75, 3.05) is 20.2 Å². The molecular weight excluding hydrogens is 314 g/mol. The van der Waals surface area contributed by atoms with Crippen LogP contribution in [0.3, 0.4) is 0 Å². The van der Waals surface area contributed by atoms with Gasteiger partial charge in [-0.2, -0.15) is 0 Å². The van der Waals surface area contributed by atoms with E-state index in [-0.39, 0.29) is 5.91 Å². The van der Waals surface area contributed by atoms with Gasteiger partial charge in [-0.25, -0.2) is 0 Å². The van der Waals surface area contributed by atoms with E-state index in [2.05, 4.69) is 16.2 Å². The van der Waals surface area contributed by atoms with E-state index in [0.717, 1.165) is 37.0 Å². The van der Waals surface area contributed by atoms with Gasteiger partial charge in [0, 0.05) is 25.5 Å². The zero-order chi connectivity index (χ0) is 17.2. The molecule has 1 saturated heterocycles. The van der Waals surface area contributed by atoms with Crippen LogP contribution < -0.4 is 4.74 Å². The van der Waals surface area contributed by atoms with Crippen molar-refractivity contribution in [1.82, 2.24) is 14.9 Å². The van der Waals surface area contributed by atoms with Gasteiger partial charge in [0.1, 0.15) is 5.75 Å². The standard InChI is InChI=1S/C20H21N3O2/c1-25-18-7-3-2-5-15(18)20(24)23-11-8-14(9-12-23)16-13-22-17-6-4-10-21-19(16)17/h2-7,10,13-14,22H,8-9,11-12H2,1H3. The highest BCUT2D eigenvalue weighted by Gasteiger charge is 2.27. The maximum Gasteiger partial charge on any atom is 0.257 e. The molecule has 0 bridgehead atoms. The molecule has 25 heavy (non-hydrogen) atoms. The Bertz CT molecular complexity index is 895. The van der Waals surface area contributed by atoms with E-state index >= 15 is 0 Å². The summed E-state index contributed by atoms with van der Waals surface area (Å²) in [5.41, 5.74) is 4.03. The topological polar surface area (TPSA) is 58.2 Å². The Morgan fingerprint density at radius 2 is 2.00 bits per heavy atom. The molecule has 1 amide bonds. The van der Waals surface area contributed by atoms with Crippen molar-refractivity contribution in [3.8, 4) is 5.75 Å². The van der Waals surface area contributed by atoms with E-state index in [0.29, 0.717) is 17.2 Å². The summed E-state index contributed by atoms with van der Waals surface area (Å²) in [5, 5.41) is 0. The molecule has 0 radical (unpaired) electrons. The SMILES string of the molecule is COc1ccccc1C(=O)N1CCC(c2c[nH]c3cccnc23)CC1. The average molecular weight is 335 g/mol. The summed E-state index contributed by atoms with van der Waals surface area (Å²) < 4.78 is 5.33. The first-order valence-electron chi connectivity index (χ1n) is 8.62. The molecule has 128 valence electrons. The summed E-state index contributed by atoms with van der Waals surface area (Å²) in [6, 6.07) is 11.4. The summed E-state index contributed by atoms with van der Waals surface area (Å²) >= 11 is 0. The third-order valence-electron chi connectivity index (χ3n) is 5.02. The number of rotatable bonds is 3. The molecule has 1 fully saturated rings. The minimum absolute atomic E-state index is 0.0490. The van der Waals surface area contributed by atoms with Crippen LogP contribution >= 0.6 is 0 Å². The molecule has 4 rings (SSSR count). The normalized spacial score (nSPS) is 15.5. The second kappa shape index (κ2) is 6.59. The van der Waals surface area contributed by atoms with Crippen molar-refractivity contribution in [3.05, 3.63) is 59.9 Å². The molecular formula is C20H21N3O2. The Kier molecular flexibility index (Phi) is 4.14.